The molecule has 7 heteroatoms. The van der Waals surface area contributed by atoms with Crippen molar-refractivity contribution in [3.63, 3.8) is 0 Å². The fourth-order valence-corrected chi connectivity index (χ4v) is 4.08. The van der Waals surface area contributed by atoms with E-state index >= 15 is 0 Å². The molecule has 3 aromatic rings. The Labute approximate surface area is 181 Å². The lowest BCUT2D eigenvalue weighted by Crippen LogP contribution is -2.51. The molecule has 31 heavy (non-hydrogen) atoms. The van der Waals surface area contributed by atoms with Crippen molar-refractivity contribution in [2.24, 2.45) is 5.92 Å². The summed E-state index contributed by atoms with van der Waals surface area (Å²) in [5.74, 6) is 0.0983. The van der Waals surface area contributed by atoms with Crippen molar-refractivity contribution in [1.29, 1.82) is 0 Å². The van der Waals surface area contributed by atoms with Crippen LogP contribution in [0.4, 0.5) is 0 Å². The number of carbonyl (C=O) groups excluding carboxylic acids is 1. The number of para-hydroxylation sites is 1. The summed E-state index contributed by atoms with van der Waals surface area (Å²) in [7, 11) is 0. The number of hydrogen-bond acceptors (Lipinski definition) is 5. The number of ether oxygens (including phenoxy) is 1. The van der Waals surface area contributed by atoms with Crippen LogP contribution in [0.2, 0.25) is 0 Å². The molecule has 2 aromatic carbocycles. The van der Waals surface area contributed by atoms with E-state index in [0.717, 1.165) is 13.1 Å². The summed E-state index contributed by atoms with van der Waals surface area (Å²) >= 11 is 0. The molecule has 1 N–H and O–H groups in total. The third-order valence-corrected chi connectivity index (χ3v) is 5.78. The number of benzene rings is 2. The van der Waals surface area contributed by atoms with Crippen LogP contribution in [0.25, 0.3) is 16.5 Å². The van der Waals surface area contributed by atoms with Gasteiger partial charge < -0.3 is 10.1 Å². The topological polar surface area (TPSA) is 76.5 Å². The number of nitrogens with zero attached hydrogens (tertiary/aromatic N) is 3. The van der Waals surface area contributed by atoms with Crippen LogP contribution in [0.3, 0.4) is 0 Å². The SMILES string of the molecule is CC(C)[C@@H](CNC(=O)c1nn(-c2ccccc2)c(=O)c2ccccc12)N1CCOCC1. The molecule has 7 nitrogen and oxygen atoms in total. The minimum Gasteiger partial charge on any atom is -0.379 e. The molecule has 1 aliphatic heterocycles. The molecule has 0 spiro atoms. The molecule has 1 atom stereocenters. The first-order chi connectivity index (χ1) is 15.1. The average Bonchev–Trinajstić information content (AvgIpc) is 2.80. The highest BCUT2D eigenvalue weighted by Crippen LogP contribution is 2.16. The number of amides is 1. The highest BCUT2D eigenvalue weighted by Gasteiger charge is 2.25. The zero-order valence-corrected chi connectivity index (χ0v) is 18.0. The van der Waals surface area contributed by atoms with Crippen LogP contribution in [0.1, 0.15) is 24.3 Å². The number of carbonyl (C=O) groups is 1. The summed E-state index contributed by atoms with van der Waals surface area (Å²) < 4.78 is 6.77. The van der Waals surface area contributed by atoms with Crippen LogP contribution in [-0.2, 0) is 4.74 Å². The number of aromatic nitrogens is 2. The minimum absolute atomic E-state index is 0.208. The summed E-state index contributed by atoms with van der Waals surface area (Å²) in [4.78, 5) is 28.6. The molecule has 1 amide bonds. The molecule has 1 aliphatic rings. The average molecular weight is 421 g/mol. The zero-order chi connectivity index (χ0) is 21.8. The maximum absolute atomic E-state index is 13.2. The van der Waals surface area contributed by atoms with E-state index in [-0.39, 0.29) is 23.2 Å². The number of rotatable bonds is 6. The first-order valence-electron chi connectivity index (χ1n) is 10.7. The van der Waals surface area contributed by atoms with Gasteiger partial charge in [0.1, 0.15) is 0 Å². The van der Waals surface area contributed by atoms with Crippen molar-refractivity contribution >= 4 is 16.7 Å². The molecule has 1 saturated heterocycles. The molecule has 2 heterocycles. The minimum atomic E-state index is -0.278. The molecular formula is C24H28N4O3. The molecule has 1 aromatic heterocycles. The van der Waals surface area contributed by atoms with Crippen LogP contribution in [0.5, 0.6) is 0 Å². The quantitative estimate of drug-likeness (QED) is 0.663. The van der Waals surface area contributed by atoms with Gasteiger partial charge in [0.15, 0.2) is 5.69 Å². The Morgan fingerprint density at radius 1 is 1.03 bits per heavy atom. The molecule has 0 saturated carbocycles. The summed E-state index contributed by atoms with van der Waals surface area (Å²) in [6.45, 7) is 7.98. The van der Waals surface area contributed by atoms with Gasteiger partial charge in [0.2, 0.25) is 0 Å². The van der Waals surface area contributed by atoms with E-state index < -0.39 is 0 Å². The van der Waals surface area contributed by atoms with Gasteiger partial charge in [-0.1, -0.05) is 50.2 Å². The number of fused-ring (bicyclic) bond motifs is 1. The fraction of sp³-hybridized carbons (Fsp3) is 0.375. The normalized spacial score (nSPS) is 15.8. The molecule has 1 fully saturated rings. The number of nitrogens with one attached hydrogen (secondary N) is 1. The molecule has 162 valence electrons. The third-order valence-electron chi connectivity index (χ3n) is 5.78. The second-order valence-corrected chi connectivity index (χ2v) is 8.12. The first kappa shape index (κ1) is 21.2. The van der Waals surface area contributed by atoms with Crippen molar-refractivity contribution < 1.29 is 9.53 Å². The zero-order valence-electron chi connectivity index (χ0n) is 18.0. The fourth-order valence-electron chi connectivity index (χ4n) is 4.08. The van der Waals surface area contributed by atoms with Crippen LogP contribution in [0, 0.1) is 5.92 Å². The van der Waals surface area contributed by atoms with Crippen LogP contribution >= 0.6 is 0 Å². The van der Waals surface area contributed by atoms with Crippen molar-refractivity contribution in [3.8, 4) is 5.69 Å². The number of hydrogen-bond donors (Lipinski definition) is 1. The Morgan fingerprint density at radius 3 is 2.35 bits per heavy atom. The summed E-state index contributed by atoms with van der Waals surface area (Å²) in [5, 5.41) is 8.57. The van der Waals surface area contributed by atoms with E-state index in [2.05, 4.69) is 29.2 Å². The van der Waals surface area contributed by atoms with E-state index in [0.29, 0.717) is 42.1 Å². The van der Waals surface area contributed by atoms with Gasteiger partial charge in [-0.15, -0.1) is 0 Å². The van der Waals surface area contributed by atoms with Gasteiger partial charge in [0.25, 0.3) is 11.5 Å². The van der Waals surface area contributed by atoms with Gasteiger partial charge in [-0.25, -0.2) is 0 Å². The highest BCUT2D eigenvalue weighted by atomic mass is 16.5. The van der Waals surface area contributed by atoms with Crippen molar-refractivity contribution in [2.75, 3.05) is 32.8 Å². The summed E-state index contributed by atoms with van der Waals surface area (Å²) in [5.41, 5.74) is 0.635. The Morgan fingerprint density at radius 2 is 1.68 bits per heavy atom. The lowest BCUT2D eigenvalue weighted by Gasteiger charge is -2.36. The lowest BCUT2D eigenvalue weighted by atomic mass is 10.0. The predicted molar refractivity (Wildman–Crippen MR) is 121 cm³/mol. The Hall–Kier alpha value is -3.03. The van der Waals surface area contributed by atoms with Gasteiger partial charge in [-0.3, -0.25) is 14.5 Å². The Bertz CT molecular complexity index is 1100. The standard InChI is InChI=1S/C24H28N4O3/c1-17(2)21(27-12-14-31-15-13-27)16-25-23(29)22-19-10-6-7-11-20(19)24(30)28(26-22)18-8-4-3-5-9-18/h3-11,17,21H,12-16H2,1-2H3,(H,25,29)/t21-/m1/s1. The van der Waals surface area contributed by atoms with Gasteiger partial charge in [-0.2, -0.15) is 9.78 Å². The van der Waals surface area contributed by atoms with Gasteiger partial charge in [-0.05, 0) is 24.1 Å². The van der Waals surface area contributed by atoms with Gasteiger partial charge in [0.05, 0.1) is 24.3 Å². The van der Waals surface area contributed by atoms with E-state index in [1.54, 1.807) is 30.3 Å². The summed E-state index contributed by atoms with van der Waals surface area (Å²) in [6, 6.07) is 16.5. The predicted octanol–water partition coefficient (Wildman–Crippen LogP) is 2.47. The molecule has 0 bridgehead atoms. The van der Waals surface area contributed by atoms with Crippen LogP contribution < -0.4 is 10.9 Å². The Kier molecular flexibility index (Phi) is 6.44. The maximum atomic E-state index is 13.2. The van der Waals surface area contributed by atoms with Crippen molar-refractivity contribution in [3.05, 3.63) is 70.6 Å². The second-order valence-electron chi connectivity index (χ2n) is 8.12. The van der Waals surface area contributed by atoms with Gasteiger partial charge in [0, 0.05) is 31.1 Å². The maximum Gasteiger partial charge on any atom is 0.279 e. The second kappa shape index (κ2) is 9.41. The Balaban J connectivity index is 1.66. The number of morpholine rings is 1. The van der Waals surface area contributed by atoms with E-state index in [4.69, 9.17) is 4.74 Å². The smallest absolute Gasteiger partial charge is 0.279 e. The van der Waals surface area contributed by atoms with E-state index in [9.17, 15) is 9.59 Å². The molecule has 0 radical (unpaired) electrons. The van der Waals surface area contributed by atoms with Crippen molar-refractivity contribution in [2.45, 2.75) is 19.9 Å². The summed E-state index contributed by atoms with van der Waals surface area (Å²) in [6.07, 6.45) is 0. The lowest BCUT2D eigenvalue weighted by molar-refractivity contribution is 0.00671. The monoisotopic (exact) mass is 420 g/mol. The largest absolute Gasteiger partial charge is 0.379 e. The molecule has 4 rings (SSSR count). The van der Waals surface area contributed by atoms with E-state index in [1.165, 1.54) is 4.68 Å². The first-order valence-corrected chi connectivity index (χ1v) is 10.7. The highest BCUT2D eigenvalue weighted by molar-refractivity contribution is 6.04. The molecular weight excluding hydrogens is 392 g/mol. The molecule has 0 aliphatic carbocycles. The van der Waals surface area contributed by atoms with Crippen LogP contribution in [-0.4, -0.2) is 59.5 Å². The van der Waals surface area contributed by atoms with Gasteiger partial charge >= 0.3 is 0 Å². The van der Waals surface area contributed by atoms with Crippen molar-refractivity contribution in [1.82, 2.24) is 20.0 Å². The third kappa shape index (κ3) is 4.52. The molecule has 0 unspecified atom stereocenters. The van der Waals surface area contributed by atoms with E-state index in [1.807, 2.05) is 24.3 Å². The van der Waals surface area contributed by atoms with Crippen LogP contribution in [0.15, 0.2) is 59.4 Å².